The van der Waals surface area contributed by atoms with Crippen molar-refractivity contribution in [3.8, 4) is 22.9 Å². The van der Waals surface area contributed by atoms with Crippen LogP contribution in [0.15, 0.2) is 33.4 Å². The van der Waals surface area contributed by atoms with Gasteiger partial charge in [-0.05, 0) is 28.1 Å². The number of carbonyl (C=O) groups excluding carboxylic acids is 1. The fourth-order valence-corrected chi connectivity index (χ4v) is 3.01. The Morgan fingerprint density at radius 1 is 1.38 bits per heavy atom. The van der Waals surface area contributed by atoms with E-state index in [0.29, 0.717) is 4.47 Å². The molecule has 3 rings (SSSR count). The molecule has 1 amide bonds. The number of nitrogens with zero attached hydrogens (tertiary/aromatic N) is 2. The van der Waals surface area contributed by atoms with Gasteiger partial charge in [0.1, 0.15) is 39.8 Å². The predicted octanol–water partition coefficient (Wildman–Crippen LogP) is 3.59. The number of halogens is 3. The normalized spacial score (nSPS) is 11.0. The van der Waals surface area contributed by atoms with E-state index in [1.165, 1.54) is 18.4 Å². The summed E-state index contributed by atoms with van der Waals surface area (Å²) in [6.07, 6.45) is 1.42. The molecule has 0 spiro atoms. The first kappa shape index (κ1) is 16.7. The topological polar surface area (TPSA) is 120 Å². The second kappa shape index (κ2) is 6.04. The van der Waals surface area contributed by atoms with E-state index in [-0.39, 0.29) is 44.3 Å². The molecule has 0 aliphatic heterocycles. The van der Waals surface area contributed by atoms with Crippen LogP contribution < -0.4 is 11.5 Å². The molecule has 24 heavy (non-hydrogen) atoms. The smallest absolute Gasteiger partial charge is 0.254 e. The van der Waals surface area contributed by atoms with Gasteiger partial charge in [0, 0.05) is 6.07 Å². The van der Waals surface area contributed by atoms with Gasteiger partial charge in [0.2, 0.25) is 0 Å². The molecular formula is C14H9BrCl2N4O3. The average molecular weight is 432 g/mol. The first-order valence-electron chi connectivity index (χ1n) is 6.41. The monoisotopic (exact) mass is 430 g/mol. The largest absolute Gasteiger partial charge is 0.506 e. The van der Waals surface area contributed by atoms with E-state index in [0.717, 1.165) is 4.68 Å². The van der Waals surface area contributed by atoms with E-state index in [2.05, 4.69) is 21.0 Å². The number of phenols is 1. The first-order chi connectivity index (χ1) is 11.3. The number of nitrogens with two attached hydrogens (primary N) is 2. The van der Waals surface area contributed by atoms with Gasteiger partial charge in [0.25, 0.3) is 5.91 Å². The molecular weight excluding hydrogens is 423 g/mol. The second-order valence-corrected chi connectivity index (χ2v) is 6.44. The van der Waals surface area contributed by atoms with Crippen LogP contribution in [-0.4, -0.2) is 20.8 Å². The average Bonchev–Trinajstić information content (AvgIpc) is 3.08. The third-order valence-electron chi connectivity index (χ3n) is 3.23. The summed E-state index contributed by atoms with van der Waals surface area (Å²) in [7, 11) is 0. The van der Waals surface area contributed by atoms with Crippen molar-refractivity contribution in [2.75, 3.05) is 5.73 Å². The van der Waals surface area contributed by atoms with Crippen LogP contribution in [0.2, 0.25) is 10.0 Å². The Hall–Kier alpha value is -2.16. The molecule has 7 nitrogen and oxygen atoms in total. The number of hydrogen-bond acceptors (Lipinski definition) is 5. The number of amides is 1. The molecule has 0 bridgehead atoms. The maximum atomic E-state index is 11.8. The van der Waals surface area contributed by atoms with Crippen molar-refractivity contribution < 1.29 is 14.3 Å². The van der Waals surface area contributed by atoms with Gasteiger partial charge in [-0.15, -0.1) is 0 Å². The van der Waals surface area contributed by atoms with Crippen LogP contribution in [0.1, 0.15) is 10.4 Å². The quantitative estimate of drug-likeness (QED) is 0.585. The van der Waals surface area contributed by atoms with E-state index < -0.39 is 5.91 Å². The van der Waals surface area contributed by atoms with E-state index in [4.69, 9.17) is 39.1 Å². The fourth-order valence-electron chi connectivity index (χ4n) is 2.18. The zero-order valence-corrected chi connectivity index (χ0v) is 14.9. The number of anilines is 1. The Balaban J connectivity index is 2.32. The molecule has 0 saturated carbocycles. The summed E-state index contributed by atoms with van der Waals surface area (Å²) in [5, 5.41) is 14.1. The number of carbonyl (C=O) groups is 1. The number of nitrogen functional groups attached to an aromatic ring is 1. The van der Waals surface area contributed by atoms with Crippen LogP contribution in [0.4, 0.5) is 5.82 Å². The van der Waals surface area contributed by atoms with Crippen LogP contribution in [0, 0.1) is 0 Å². The van der Waals surface area contributed by atoms with Crippen LogP contribution in [-0.2, 0) is 0 Å². The molecule has 10 heteroatoms. The van der Waals surface area contributed by atoms with E-state index in [1.807, 2.05) is 0 Å². The van der Waals surface area contributed by atoms with Crippen molar-refractivity contribution in [3.63, 3.8) is 0 Å². The molecule has 124 valence electrons. The summed E-state index contributed by atoms with van der Waals surface area (Å²) in [6.45, 7) is 0. The highest BCUT2D eigenvalue weighted by molar-refractivity contribution is 9.10. The number of rotatable bonds is 3. The predicted molar refractivity (Wildman–Crippen MR) is 93.6 cm³/mol. The minimum absolute atomic E-state index is 0.0488. The van der Waals surface area contributed by atoms with E-state index in [1.54, 1.807) is 6.07 Å². The minimum atomic E-state index is -0.798. The summed E-state index contributed by atoms with van der Waals surface area (Å²) in [5.74, 6) is -0.824. The van der Waals surface area contributed by atoms with Gasteiger partial charge in [-0.2, -0.15) is 5.10 Å². The molecule has 2 aromatic heterocycles. The van der Waals surface area contributed by atoms with Crippen LogP contribution in [0.25, 0.3) is 17.1 Å². The number of hydrogen-bond donors (Lipinski definition) is 3. The number of aromatic nitrogens is 2. The minimum Gasteiger partial charge on any atom is -0.506 e. The second-order valence-electron chi connectivity index (χ2n) is 4.74. The van der Waals surface area contributed by atoms with Crippen molar-refractivity contribution in [1.82, 2.24) is 9.78 Å². The van der Waals surface area contributed by atoms with E-state index in [9.17, 15) is 9.90 Å². The zero-order chi connectivity index (χ0) is 17.6. The van der Waals surface area contributed by atoms with Gasteiger partial charge in [-0.1, -0.05) is 23.2 Å². The molecule has 5 N–H and O–H groups in total. The number of furan rings is 1. The van der Waals surface area contributed by atoms with Crippen LogP contribution in [0.5, 0.6) is 5.75 Å². The van der Waals surface area contributed by atoms with Crippen molar-refractivity contribution in [2.24, 2.45) is 5.73 Å². The molecule has 0 radical (unpaired) electrons. The zero-order valence-electron chi connectivity index (χ0n) is 11.8. The molecule has 1 aromatic carbocycles. The molecule has 2 heterocycles. The van der Waals surface area contributed by atoms with Gasteiger partial charge < -0.3 is 21.0 Å². The molecule has 0 fully saturated rings. The molecule has 0 aliphatic rings. The SMILES string of the molecule is NC(=O)c1c(-c2cc(Br)co2)nn(-c2c(Cl)ccc(O)c2Cl)c1N. The lowest BCUT2D eigenvalue weighted by atomic mass is 10.2. The number of primary amides is 1. The maximum Gasteiger partial charge on any atom is 0.254 e. The van der Waals surface area contributed by atoms with Gasteiger partial charge >= 0.3 is 0 Å². The van der Waals surface area contributed by atoms with Gasteiger partial charge in [-0.25, -0.2) is 4.68 Å². The standard InChI is InChI=1S/C14H9BrCl2N4O3/c15-5-3-8(24-4-5)11-9(14(19)23)13(18)21(20-11)12-6(16)1-2-7(22)10(12)17/h1-4,22H,18H2,(H2,19,23). The Bertz CT molecular complexity index is 967. The molecule has 3 aromatic rings. The molecule has 0 aliphatic carbocycles. The lowest BCUT2D eigenvalue weighted by molar-refractivity contribution is 0.100. The summed E-state index contributed by atoms with van der Waals surface area (Å²) < 4.78 is 7.11. The van der Waals surface area contributed by atoms with Crippen LogP contribution in [0.3, 0.4) is 0 Å². The lowest BCUT2D eigenvalue weighted by Crippen LogP contribution is -2.14. The summed E-state index contributed by atoms with van der Waals surface area (Å²) in [5.41, 5.74) is 11.6. The van der Waals surface area contributed by atoms with Gasteiger partial charge in [0.05, 0.1) is 9.50 Å². The first-order valence-corrected chi connectivity index (χ1v) is 7.96. The maximum absolute atomic E-state index is 11.8. The number of phenolic OH excluding ortho intramolecular Hbond substituents is 1. The Labute approximate surface area is 153 Å². The van der Waals surface area contributed by atoms with Crippen molar-refractivity contribution >= 4 is 50.9 Å². The highest BCUT2D eigenvalue weighted by atomic mass is 79.9. The summed E-state index contributed by atoms with van der Waals surface area (Å²) in [6, 6.07) is 4.35. The Morgan fingerprint density at radius 2 is 2.08 bits per heavy atom. The van der Waals surface area contributed by atoms with Crippen molar-refractivity contribution in [3.05, 3.63) is 44.5 Å². The van der Waals surface area contributed by atoms with E-state index >= 15 is 0 Å². The Morgan fingerprint density at radius 3 is 2.67 bits per heavy atom. The number of aromatic hydroxyl groups is 1. The lowest BCUT2D eigenvalue weighted by Gasteiger charge is -2.10. The van der Waals surface area contributed by atoms with Crippen LogP contribution >= 0.6 is 39.1 Å². The molecule has 0 saturated heterocycles. The van der Waals surface area contributed by atoms with Crippen molar-refractivity contribution in [2.45, 2.75) is 0 Å². The molecule has 0 atom stereocenters. The molecule has 0 unspecified atom stereocenters. The third kappa shape index (κ3) is 2.62. The summed E-state index contributed by atoms with van der Waals surface area (Å²) >= 11 is 15.5. The number of benzene rings is 1. The van der Waals surface area contributed by atoms with Gasteiger partial charge in [0.15, 0.2) is 5.76 Å². The van der Waals surface area contributed by atoms with Gasteiger partial charge in [-0.3, -0.25) is 4.79 Å². The Kier molecular flexibility index (Phi) is 4.20. The fraction of sp³-hybridized carbons (Fsp3) is 0. The third-order valence-corrected chi connectivity index (χ3v) is 4.32. The van der Waals surface area contributed by atoms with Crippen molar-refractivity contribution in [1.29, 1.82) is 0 Å². The summed E-state index contributed by atoms with van der Waals surface area (Å²) in [4.78, 5) is 11.8. The highest BCUT2D eigenvalue weighted by Gasteiger charge is 2.26. The highest BCUT2D eigenvalue weighted by Crippen LogP contribution is 2.39.